The van der Waals surface area contributed by atoms with Crippen molar-refractivity contribution in [3.63, 3.8) is 0 Å². The molecule has 0 saturated carbocycles. The number of halogens is 1. The van der Waals surface area contributed by atoms with E-state index in [-0.39, 0.29) is 11.8 Å². The molecule has 2 heterocycles. The fourth-order valence-corrected chi connectivity index (χ4v) is 4.66. The van der Waals surface area contributed by atoms with E-state index in [0.29, 0.717) is 42.0 Å². The summed E-state index contributed by atoms with van der Waals surface area (Å²) in [6.45, 7) is 1.92. The third-order valence-electron chi connectivity index (χ3n) is 6.09. The van der Waals surface area contributed by atoms with E-state index in [1.54, 1.807) is 39.7 Å². The van der Waals surface area contributed by atoms with Crippen LogP contribution in [0, 0.1) is 5.92 Å². The number of aromatic nitrogens is 2. The van der Waals surface area contributed by atoms with E-state index in [1.165, 1.54) is 0 Å². The highest BCUT2D eigenvalue weighted by Crippen LogP contribution is 2.40. The summed E-state index contributed by atoms with van der Waals surface area (Å²) in [5.41, 5.74) is 1.75. The van der Waals surface area contributed by atoms with Crippen LogP contribution in [0.25, 0.3) is 0 Å². The Balaban J connectivity index is 1.43. The molecule has 2 N–H and O–H groups in total. The summed E-state index contributed by atoms with van der Waals surface area (Å²) in [5, 5.41) is 6.30. The first-order chi connectivity index (χ1) is 17.5. The first-order valence-electron chi connectivity index (χ1n) is 11.7. The summed E-state index contributed by atoms with van der Waals surface area (Å²) in [6.07, 6.45) is 3.46. The highest BCUT2D eigenvalue weighted by molar-refractivity contribution is 9.10. The Kier molecular flexibility index (Phi) is 8.48. The molecule has 1 aliphatic heterocycles. The van der Waals surface area contributed by atoms with Gasteiger partial charge in [0.25, 0.3) is 0 Å². The molecule has 1 atom stereocenters. The number of hydrogen-bond donors (Lipinski definition) is 2. The number of hydrogen-bond acceptors (Lipinski definition) is 8. The molecule has 0 spiro atoms. The average Bonchev–Trinajstić information content (AvgIpc) is 2.92. The molecule has 0 bridgehead atoms. The minimum atomic E-state index is -0.109. The second-order valence-electron chi connectivity index (χ2n) is 8.37. The fraction of sp³-hybridized carbons (Fsp3) is 0.346. The van der Waals surface area contributed by atoms with Gasteiger partial charge in [0, 0.05) is 48.1 Å². The Morgan fingerprint density at radius 2 is 1.86 bits per heavy atom. The molecule has 1 fully saturated rings. The smallest absolute Gasteiger partial charge is 0.229 e. The summed E-state index contributed by atoms with van der Waals surface area (Å²) in [6, 6.07) is 13.4. The summed E-state index contributed by atoms with van der Waals surface area (Å²) < 4.78 is 17.2. The summed E-state index contributed by atoms with van der Waals surface area (Å²) in [4.78, 5) is 24.1. The molecule has 4 rings (SSSR count). The van der Waals surface area contributed by atoms with Crippen LogP contribution in [0.15, 0.2) is 53.1 Å². The van der Waals surface area contributed by atoms with Crippen LogP contribution >= 0.6 is 15.9 Å². The van der Waals surface area contributed by atoms with Crippen LogP contribution in [0.1, 0.15) is 18.4 Å². The monoisotopic (exact) mass is 555 g/mol. The van der Waals surface area contributed by atoms with Crippen molar-refractivity contribution in [2.24, 2.45) is 5.92 Å². The second-order valence-corrected chi connectivity index (χ2v) is 9.23. The number of amides is 1. The molecule has 2 aromatic carbocycles. The van der Waals surface area contributed by atoms with Crippen molar-refractivity contribution < 1.29 is 19.0 Å². The summed E-state index contributed by atoms with van der Waals surface area (Å²) >= 11 is 3.54. The predicted molar refractivity (Wildman–Crippen MR) is 142 cm³/mol. The van der Waals surface area contributed by atoms with Crippen molar-refractivity contribution in [2.75, 3.05) is 44.6 Å². The molecule has 190 valence electrons. The van der Waals surface area contributed by atoms with Crippen LogP contribution in [0.5, 0.6) is 17.2 Å². The maximum atomic E-state index is 12.9. The molecule has 1 saturated heterocycles. The quantitative estimate of drug-likeness (QED) is 0.397. The van der Waals surface area contributed by atoms with Crippen molar-refractivity contribution in [1.29, 1.82) is 0 Å². The molecule has 0 radical (unpaired) electrons. The van der Waals surface area contributed by atoms with Crippen molar-refractivity contribution >= 4 is 39.3 Å². The van der Waals surface area contributed by atoms with E-state index in [0.717, 1.165) is 35.2 Å². The number of piperidine rings is 1. The Bertz CT molecular complexity index is 1180. The maximum Gasteiger partial charge on any atom is 0.229 e. The molecule has 1 unspecified atom stereocenters. The molecule has 3 aromatic rings. The van der Waals surface area contributed by atoms with Crippen molar-refractivity contribution in [3.05, 3.63) is 58.7 Å². The number of anilines is 3. The SMILES string of the molecule is COc1cc(Nc2nccc(N3CCCC(C(=O)NCc4ccccc4Br)C3)n2)cc(OC)c1OC. The van der Waals surface area contributed by atoms with Crippen LogP contribution < -0.4 is 29.7 Å². The van der Waals surface area contributed by atoms with Gasteiger partial charge in [-0.25, -0.2) is 4.98 Å². The molecule has 1 aliphatic rings. The summed E-state index contributed by atoms with van der Waals surface area (Å²) in [5.74, 6) is 2.72. The topological polar surface area (TPSA) is 97.8 Å². The van der Waals surface area contributed by atoms with Gasteiger partial charge in [0.15, 0.2) is 11.5 Å². The Hall–Kier alpha value is -3.53. The van der Waals surface area contributed by atoms with Crippen LogP contribution in [-0.4, -0.2) is 50.3 Å². The minimum absolute atomic E-state index is 0.0558. The number of nitrogens with one attached hydrogen (secondary N) is 2. The van der Waals surface area contributed by atoms with Gasteiger partial charge in [-0.05, 0) is 30.5 Å². The van der Waals surface area contributed by atoms with Gasteiger partial charge in [-0.3, -0.25) is 4.79 Å². The van der Waals surface area contributed by atoms with Crippen LogP contribution in [0.3, 0.4) is 0 Å². The van der Waals surface area contributed by atoms with Gasteiger partial charge in [0.05, 0.1) is 27.2 Å². The molecule has 9 nitrogen and oxygen atoms in total. The average molecular weight is 556 g/mol. The number of benzene rings is 2. The van der Waals surface area contributed by atoms with Gasteiger partial charge in [0.2, 0.25) is 17.6 Å². The zero-order valence-electron chi connectivity index (χ0n) is 20.6. The number of nitrogens with zero attached hydrogens (tertiary/aromatic N) is 3. The summed E-state index contributed by atoms with van der Waals surface area (Å²) in [7, 11) is 4.70. The first-order valence-corrected chi connectivity index (χ1v) is 12.5. The third kappa shape index (κ3) is 5.99. The number of rotatable bonds is 9. The number of carbonyl (C=O) groups excluding carboxylic acids is 1. The normalized spacial score (nSPS) is 15.2. The lowest BCUT2D eigenvalue weighted by molar-refractivity contribution is -0.125. The van der Waals surface area contributed by atoms with Gasteiger partial charge >= 0.3 is 0 Å². The van der Waals surface area contributed by atoms with Crippen LogP contribution in [-0.2, 0) is 11.3 Å². The van der Waals surface area contributed by atoms with E-state index in [2.05, 4.69) is 36.4 Å². The molecule has 36 heavy (non-hydrogen) atoms. The lowest BCUT2D eigenvalue weighted by Gasteiger charge is -2.33. The number of ether oxygens (including phenoxy) is 3. The third-order valence-corrected chi connectivity index (χ3v) is 6.86. The van der Waals surface area contributed by atoms with E-state index >= 15 is 0 Å². The van der Waals surface area contributed by atoms with Gasteiger partial charge < -0.3 is 29.7 Å². The van der Waals surface area contributed by atoms with E-state index in [1.807, 2.05) is 30.3 Å². The predicted octanol–water partition coefficient (Wildman–Crippen LogP) is 4.54. The van der Waals surface area contributed by atoms with E-state index < -0.39 is 0 Å². The molecule has 0 aliphatic carbocycles. The second kappa shape index (κ2) is 11.9. The maximum absolute atomic E-state index is 12.9. The molecule has 1 amide bonds. The van der Waals surface area contributed by atoms with E-state index in [4.69, 9.17) is 19.2 Å². The number of methoxy groups -OCH3 is 3. The fourth-order valence-electron chi connectivity index (χ4n) is 4.24. The van der Waals surface area contributed by atoms with E-state index in [9.17, 15) is 4.79 Å². The van der Waals surface area contributed by atoms with Crippen molar-refractivity contribution in [2.45, 2.75) is 19.4 Å². The Labute approximate surface area is 219 Å². The molecular formula is C26H30BrN5O4. The lowest BCUT2D eigenvalue weighted by atomic mass is 9.97. The molecule has 1 aromatic heterocycles. The van der Waals surface area contributed by atoms with Crippen molar-refractivity contribution in [1.82, 2.24) is 15.3 Å². The number of carbonyl (C=O) groups is 1. The minimum Gasteiger partial charge on any atom is -0.493 e. The van der Waals surface area contributed by atoms with Crippen LogP contribution in [0.4, 0.5) is 17.5 Å². The Morgan fingerprint density at radius 1 is 1.11 bits per heavy atom. The van der Waals surface area contributed by atoms with Gasteiger partial charge in [-0.15, -0.1) is 0 Å². The standard InChI is InChI=1S/C26H30BrN5O4/c1-34-21-13-19(14-22(35-2)24(21)36-3)30-26-28-11-10-23(31-26)32-12-6-8-18(16-32)25(33)29-15-17-7-4-5-9-20(17)27/h4-5,7,9-11,13-14,18H,6,8,12,15-16H2,1-3H3,(H,29,33)(H,28,30,31). The lowest BCUT2D eigenvalue weighted by Crippen LogP contribution is -2.43. The first kappa shape index (κ1) is 25.6. The van der Waals surface area contributed by atoms with Gasteiger partial charge in [-0.1, -0.05) is 34.1 Å². The molecular weight excluding hydrogens is 526 g/mol. The van der Waals surface area contributed by atoms with Gasteiger partial charge in [0.1, 0.15) is 5.82 Å². The highest BCUT2D eigenvalue weighted by atomic mass is 79.9. The van der Waals surface area contributed by atoms with Crippen LogP contribution in [0.2, 0.25) is 0 Å². The van der Waals surface area contributed by atoms with Gasteiger partial charge in [-0.2, -0.15) is 4.98 Å². The zero-order valence-corrected chi connectivity index (χ0v) is 22.2. The Morgan fingerprint density at radius 3 is 2.56 bits per heavy atom. The molecule has 10 heteroatoms. The zero-order chi connectivity index (χ0) is 25.5. The largest absolute Gasteiger partial charge is 0.493 e. The van der Waals surface area contributed by atoms with Crippen molar-refractivity contribution in [3.8, 4) is 17.2 Å². The highest BCUT2D eigenvalue weighted by Gasteiger charge is 2.27.